The quantitative estimate of drug-likeness (QED) is 0.588. The number of esters is 1. The summed E-state index contributed by atoms with van der Waals surface area (Å²) in [6.45, 7) is 0. The topological polar surface area (TPSA) is 26.3 Å². The minimum atomic E-state index is -0.371. The van der Waals surface area contributed by atoms with Gasteiger partial charge in [0, 0.05) is 4.47 Å². The van der Waals surface area contributed by atoms with Crippen molar-refractivity contribution in [2.45, 2.75) is 0 Å². The van der Waals surface area contributed by atoms with Gasteiger partial charge < -0.3 is 4.74 Å². The van der Waals surface area contributed by atoms with Gasteiger partial charge in [-0.2, -0.15) is 0 Å². The van der Waals surface area contributed by atoms with E-state index in [1.54, 1.807) is 30.3 Å². The van der Waals surface area contributed by atoms with Crippen LogP contribution in [0.3, 0.4) is 0 Å². The molecule has 86 valence electrons. The average molecular weight is 356 g/mol. The summed E-state index contributed by atoms with van der Waals surface area (Å²) in [5.74, 6) is 0.123. The number of rotatable bonds is 2. The molecule has 0 amide bonds. The maximum absolute atomic E-state index is 11.8. The summed E-state index contributed by atoms with van der Waals surface area (Å²) in [4.78, 5) is 11.8. The number of hydrogen-bond acceptors (Lipinski definition) is 2. The molecule has 2 aromatic rings. The lowest BCUT2D eigenvalue weighted by molar-refractivity contribution is 0.0733. The van der Waals surface area contributed by atoms with E-state index in [1.807, 2.05) is 18.2 Å². The monoisotopic (exact) mass is 354 g/mol. The van der Waals surface area contributed by atoms with Crippen LogP contribution in [-0.4, -0.2) is 5.97 Å². The van der Waals surface area contributed by atoms with Crippen LogP contribution in [-0.2, 0) is 0 Å². The molecule has 0 unspecified atom stereocenters. The first-order valence-electron chi connectivity index (χ1n) is 4.90. The molecule has 2 rings (SSSR count). The van der Waals surface area contributed by atoms with Gasteiger partial charge in [-0.3, -0.25) is 0 Å². The van der Waals surface area contributed by atoms with Crippen molar-refractivity contribution in [2.24, 2.45) is 0 Å². The molecule has 0 fully saturated rings. The van der Waals surface area contributed by atoms with Crippen LogP contribution >= 0.6 is 31.9 Å². The first kappa shape index (κ1) is 12.3. The van der Waals surface area contributed by atoms with Crippen molar-refractivity contribution in [1.29, 1.82) is 0 Å². The number of benzene rings is 2. The third kappa shape index (κ3) is 2.96. The van der Waals surface area contributed by atoms with Crippen LogP contribution in [0.2, 0.25) is 0 Å². The number of hydrogen-bond donors (Lipinski definition) is 0. The van der Waals surface area contributed by atoms with Crippen molar-refractivity contribution >= 4 is 37.8 Å². The lowest BCUT2D eigenvalue weighted by atomic mass is 10.2. The molecule has 0 spiro atoms. The first-order chi connectivity index (χ1) is 8.18. The summed E-state index contributed by atoms with van der Waals surface area (Å²) in [6, 6.07) is 14.3. The normalized spacial score (nSPS) is 10.0. The van der Waals surface area contributed by atoms with Crippen LogP contribution in [0, 0.1) is 0 Å². The van der Waals surface area contributed by atoms with Crippen LogP contribution in [0.4, 0.5) is 0 Å². The summed E-state index contributed by atoms with van der Waals surface area (Å²) in [5.41, 5.74) is 0.527. The number of carbonyl (C=O) groups is 1. The molecule has 0 atom stereocenters. The average Bonchev–Trinajstić information content (AvgIpc) is 2.36. The lowest BCUT2D eigenvalue weighted by Crippen LogP contribution is -2.08. The highest BCUT2D eigenvalue weighted by Gasteiger charge is 2.11. The van der Waals surface area contributed by atoms with Gasteiger partial charge in [-0.25, -0.2) is 4.79 Å². The molecular weight excluding hydrogens is 348 g/mol. The molecule has 0 N–H and O–H groups in total. The van der Waals surface area contributed by atoms with Crippen molar-refractivity contribution in [3.8, 4) is 5.75 Å². The standard InChI is InChI=1S/C13H8Br2O2/c14-10-7-4-8-11(12(10)15)17-13(16)9-5-2-1-3-6-9/h1-8H. The Balaban J connectivity index is 2.22. The van der Waals surface area contributed by atoms with Crippen LogP contribution in [0.25, 0.3) is 0 Å². The minimum absolute atomic E-state index is 0.371. The van der Waals surface area contributed by atoms with Gasteiger partial charge in [-0.1, -0.05) is 24.3 Å². The maximum atomic E-state index is 11.8. The zero-order valence-corrected chi connectivity index (χ0v) is 11.9. The summed E-state index contributed by atoms with van der Waals surface area (Å²) in [5, 5.41) is 0. The molecule has 0 aliphatic rings. The van der Waals surface area contributed by atoms with Gasteiger partial charge >= 0.3 is 5.97 Å². The SMILES string of the molecule is O=C(Oc1cccc(Br)c1Br)c1ccccc1. The van der Waals surface area contributed by atoms with Crippen LogP contribution in [0.15, 0.2) is 57.5 Å². The largest absolute Gasteiger partial charge is 0.422 e. The van der Waals surface area contributed by atoms with E-state index < -0.39 is 0 Å². The van der Waals surface area contributed by atoms with Crippen molar-refractivity contribution < 1.29 is 9.53 Å². The van der Waals surface area contributed by atoms with Gasteiger partial charge in [0.15, 0.2) is 0 Å². The molecule has 17 heavy (non-hydrogen) atoms. The van der Waals surface area contributed by atoms with Gasteiger partial charge in [-0.05, 0) is 56.1 Å². The Kier molecular flexibility index (Phi) is 3.97. The van der Waals surface area contributed by atoms with E-state index in [-0.39, 0.29) is 5.97 Å². The molecule has 2 nitrogen and oxygen atoms in total. The minimum Gasteiger partial charge on any atom is -0.422 e. The molecule has 0 heterocycles. The second-order valence-electron chi connectivity index (χ2n) is 3.31. The Morgan fingerprint density at radius 3 is 2.35 bits per heavy atom. The predicted octanol–water partition coefficient (Wildman–Crippen LogP) is 4.43. The van der Waals surface area contributed by atoms with Gasteiger partial charge in [0.25, 0.3) is 0 Å². The number of ether oxygens (including phenoxy) is 1. The molecule has 0 saturated carbocycles. The Morgan fingerprint density at radius 1 is 0.941 bits per heavy atom. The summed E-state index contributed by atoms with van der Waals surface area (Å²) < 4.78 is 6.87. The van der Waals surface area contributed by atoms with Crippen molar-refractivity contribution in [1.82, 2.24) is 0 Å². The van der Waals surface area contributed by atoms with Gasteiger partial charge in [0.2, 0.25) is 0 Å². The lowest BCUT2D eigenvalue weighted by Gasteiger charge is -2.07. The molecule has 0 saturated heterocycles. The fourth-order valence-corrected chi connectivity index (χ4v) is 1.99. The predicted molar refractivity (Wildman–Crippen MR) is 73.2 cm³/mol. The zero-order valence-electron chi connectivity index (χ0n) is 8.69. The molecule has 4 heteroatoms. The molecule has 0 aliphatic heterocycles. The summed E-state index contributed by atoms with van der Waals surface area (Å²) in [7, 11) is 0. The van der Waals surface area contributed by atoms with E-state index in [0.717, 1.165) is 8.95 Å². The fraction of sp³-hybridized carbons (Fsp3) is 0. The zero-order chi connectivity index (χ0) is 12.3. The summed E-state index contributed by atoms with van der Waals surface area (Å²) in [6.07, 6.45) is 0. The van der Waals surface area contributed by atoms with Crippen molar-refractivity contribution in [3.63, 3.8) is 0 Å². The first-order valence-corrected chi connectivity index (χ1v) is 6.48. The Morgan fingerprint density at radius 2 is 1.65 bits per heavy atom. The highest BCUT2D eigenvalue weighted by atomic mass is 79.9. The Bertz CT molecular complexity index is 538. The third-order valence-electron chi connectivity index (χ3n) is 2.13. The maximum Gasteiger partial charge on any atom is 0.343 e. The number of halogens is 2. The molecule has 0 aliphatic carbocycles. The van der Waals surface area contributed by atoms with E-state index in [4.69, 9.17) is 4.74 Å². The number of carbonyl (C=O) groups excluding carboxylic acids is 1. The second kappa shape index (κ2) is 5.47. The summed E-state index contributed by atoms with van der Waals surface area (Å²) >= 11 is 6.71. The van der Waals surface area contributed by atoms with Crippen LogP contribution in [0.5, 0.6) is 5.75 Å². The molecule has 0 bridgehead atoms. The van der Waals surface area contributed by atoms with E-state index >= 15 is 0 Å². The molecule has 0 aromatic heterocycles. The highest BCUT2D eigenvalue weighted by molar-refractivity contribution is 9.13. The van der Waals surface area contributed by atoms with E-state index in [1.165, 1.54) is 0 Å². The van der Waals surface area contributed by atoms with Gasteiger partial charge in [0.05, 0.1) is 10.0 Å². The van der Waals surface area contributed by atoms with E-state index in [9.17, 15) is 4.79 Å². The van der Waals surface area contributed by atoms with Crippen molar-refractivity contribution in [2.75, 3.05) is 0 Å². The van der Waals surface area contributed by atoms with E-state index in [0.29, 0.717) is 11.3 Å². The van der Waals surface area contributed by atoms with Crippen LogP contribution < -0.4 is 4.74 Å². The smallest absolute Gasteiger partial charge is 0.343 e. The van der Waals surface area contributed by atoms with Crippen LogP contribution in [0.1, 0.15) is 10.4 Å². The second-order valence-corrected chi connectivity index (χ2v) is 4.95. The molecular formula is C13H8Br2O2. The van der Waals surface area contributed by atoms with Gasteiger partial charge in [-0.15, -0.1) is 0 Å². The molecule has 2 aromatic carbocycles. The Hall–Kier alpha value is -1.13. The van der Waals surface area contributed by atoms with E-state index in [2.05, 4.69) is 31.9 Å². The highest BCUT2D eigenvalue weighted by Crippen LogP contribution is 2.32. The Labute approximate surface area is 116 Å². The fourth-order valence-electron chi connectivity index (χ4n) is 1.30. The molecule has 0 radical (unpaired) electrons. The van der Waals surface area contributed by atoms with Crippen molar-refractivity contribution in [3.05, 3.63) is 63.0 Å². The van der Waals surface area contributed by atoms with Gasteiger partial charge in [0.1, 0.15) is 5.75 Å². The third-order valence-corrected chi connectivity index (χ3v) is 4.14.